The van der Waals surface area contributed by atoms with Crippen molar-refractivity contribution in [2.75, 3.05) is 29.9 Å². The van der Waals surface area contributed by atoms with E-state index in [-0.39, 0.29) is 29.3 Å². The lowest BCUT2D eigenvalue weighted by atomic mass is 9.88. The molecule has 0 unspecified atom stereocenters. The number of halogens is 1. The topological polar surface area (TPSA) is 52.7 Å². The Balaban J connectivity index is 1.50. The van der Waals surface area contributed by atoms with E-state index in [1.165, 1.54) is 30.2 Å². The van der Waals surface area contributed by atoms with Gasteiger partial charge >= 0.3 is 0 Å². The van der Waals surface area contributed by atoms with Gasteiger partial charge in [0, 0.05) is 37.1 Å². The van der Waals surface area contributed by atoms with Crippen LogP contribution in [0.4, 0.5) is 15.8 Å². The molecule has 0 aliphatic carbocycles. The van der Waals surface area contributed by atoms with Crippen LogP contribution in [-0.4, -0.2) is 42.4 Å². The molecule has 32 heavy (non-hydrogen) atoms. The van der Waals surface area contributed by atoms with Gasteiger partial charge in [0.1, 0.15) is 5.82 Å². The molecule has 2 saturated heterocycles. The normalized spacial score (nSPS) is 21.0. The van der Waals surface area contributed by atoms with E-state index in [4.69, 9.17) is 0 Å². The molecule has 1 N–H and O–H groups in total. The van der Waals surface area contributed by atoms with Gasteiger partial charge in [0.15, 0.2) is 0 Å². The molecular formula is C26H32FN3O2. The molecule has 2 aliphatic rings. The van der Waals surface area contributed by atoms with E-state index in [1.54, 1.807) is 24.0 Å². The molecule has 0 radical (unpaired) electrons. The van der Waals surface area contributed by atoms with Crippen molar-refractivity contribution in [1.29, 1.82) is 0 Å². The summed E-state index contributed by atoms with van der Waals surface area (Å²) in [6.07, 6.45) is 3.81. The molecule has 170 valence electrons. The van der Waals surface area contributed by atoms with Crippen molar-refractivity contribution in [2.45, 2.75) is 52.5 Å². The average molecular weight is 438 g/mol. The molecule has 2 atom stereocenters. The molecule has 2 aliphatic heterocycles. The molecule has 2 aromatic carbocycles. The van der Waals surface area contributed by atoms with Gasteiger partial charge in [-0.25, -0.2) is 4.39 Å². The van der Waals surface area contributed by atoms with Crippen molar-refractivity contribution in [2.24, 2.45) is 5.92 Å². The lowest BCUT2D eigenvalue weighted by molar-refractivity contribution is -0.122. The van der Waals surface area contributed by atoms with Crippen LogP contribution in [-0.2, 0) is 4.79 Å². The Hall–Kier alpha value is -2.89. The fourth-order valence-electron chi connectivity index (χ4n) is 5.05. The molecule has 2 heterocycles. The van der Waals surface area contributed by atoms with Gasteiger partial charge in [-0.15, -0.1) is 0 Å². The quantitative estimate of drug-likeness (QED) is 0.739. The first kappa shape index (κ1) is 22.3. The molecule has 2 amide bonds. The van der Waals surface area contributed by atoms with Crippen LogP contribution in [0.25, 0.3) is 0 Å². The van der Waals surface area contributed by atoms with Gasteiger partial charge < -0.3 is 15.1 Å². The second-order valence-corrected chi connectivity index (χ2v) is 9.10. The van der Waals surface area contributed by atoms with E-state index in [2.05, 4.69) is 23.2 Å². The lowest BCUT2D eigenvalue weighted by Gasteiger charge is -2.39. The number of likely N-dealkylation sites (tertiary alicyclic amines) is 1. The average Bonchev–Trinajstić information content (AvgIpc) is 3.29. The zero-order chi connectivity index (χ0) is 22.8. The maximum Gasteiger partial charge on any atom is 0.257 e. The predicted molar refractivity (Wildman–Crippen MR) is 126 cm³/mol. The minimum atomic E-state index is -0.511. The Labute approximate surface area is 189 Å². The van der Waals surface area contributed by atoms with Gasteiger partial charge in [0.25, 0.3) is 5.91 Å². The second kappa shape index (κ2) is 9.31. The predicted octanol–water partition coefficient (Wildman–Crippen LogP) is 4.92. The standard InChI is InChI=1S/C26H32FN3O2/c1-17-11-12-20(16-23(17)29-13-4-5-14-29)28-25(31)21-9-7-15-30(19(21)3)26(32)24-18(2)8-6-10-22(24)27/h6,8,10-12,16,19,21H,4-5,7,9,13-15H2,1-3H3,(H,28,31)/t19-,21-/m0/s1. The first-order chi connectivity index (χ1) is 15.4. The van der Waals surface area contributed by atoms with Crippen molar-refractivity contribution in [1.82, 2.24) is 4.90 Å². The SMILES string of the molecule is Cc1ccc(NC(=O)[C@H]2CCCN(C(=O)c3c(C)cccc3F)[C@H]2C)cc1N1CCCC1. The van der Waals surface area contributed by atoms with E-state index < -0.39 is 5.82 Å². The van der Waals surface area contributed by atoms with Crippen molar-refractivity contribution in [3.8, 4) is 0 Å². The van der Waals surface area contributed by atoms with Crippen LogP contribution < -0.4 is 10.2 Å². The van der Waals surface area contributed by atoms with Crippen LogP contribution in [0.5, 0.6) is 0 Å². The number of carbonyl (C=O) groups excluding carboxylic acids is 2. The van der Waals surface area contributed by atoms with Gasteiger partial charge in [-0.2, -0.15) is 0 Å². The Kier molecular flexibility index (Phi) is 6.49. The Morgan fingerprint density at radius 1 is 1.00 bits per heavy atom. The third-order valence-corrected chi connectivity index (χ3v) is 6.94. The number of hydrogen-bond donors (Lipinski definition) is 1. The molecule has 0 bridgehead atoms. The second-order valence-electron chi connectivity index (χ2n) is 9.10. The minimum absolute atomic E-state index is 0.0866. The molecule has 2 fully saturated rings. The summed E-state index contributed by atoms with van der Waals surface area (Å²) in [5.74, 6) is -1.27. The number of nitrogens with zero attached hydrogens (tertiary/aromatic N) is 2. The summed E-state index contributed by atoms with van der Waals surface area (Å²) in [7, 11) is 0. The Morgan fingerprint density at radius 2 is 1.75 bits per heavy atom. The largest absolute Gasteiger partial charge is 0.371 e. The lowest BCUT2D eigenvalue weighted by Crippen LogP contribution is -2.50. The summed E-state index contributed by atoms with van der Waals surface area (Å²) in [5.41, 5.74) is 3.87. The van der Waals surface area contributed by atoms with E-state index in [9.17, 15) is 14.0 Å². The minimum Gasteiger partial charge on any atom is -0.371 e. The molecule has 5 nitrogen and oxygen atoms in total. The number of carbonyl (C=O) groups is 2. The Morgan fingerprint density at radius 3 is 2.47 bits per heavy atom. The number of hydrogen-bond acceptors (Lipinski definition) is 3. The monoisotopic (exact) mass is 437 g/mol. The smallest absolute Gasteiger partial charge is 0.257 e. The highest BCUT2D eigenvalue weighted by atomic mass is 19.1. The third-order valence-electron chi connectivity index (χ3n) is 6.94. The zero-order valence-electron chi connectivity index (χ0n) is 19.2. The van der Waals surface area contributed by atoms with Gasteiger partial charge in [0.2, 0.25) is 5.91 Å². The number of aryl methyl sites for hydroxylation is 2. The highest BCUT2D eigenvalue weighted by Crippen LogP contribution is 2.30. The van der Waals surface area contributed by atoms with Crippen molar-refractivity contribution >= 4 is 23.2 Å². The van der Waals surface area contributed by atoms with Crippen LogP contribution in [0.2, 0.25) is 0 Å². The zero-order valence-corrected chi connectivity index (χ0v) is 19.2. The van der Waals surface area contributed by atoms with Crippen LogP contribution in [0, 0.1) is 25.6 Å². The summed E-state index contributed by atoms with van der Waals surface area (Å²) in [6, 6.07) is 10.4. The first-order valence-electron chi connectivity index (χ1n) is 11.6. The van der Waals surface area contributed by atoms with E-state index in [1.807, 2.05) is 19.1 Å². The maximum absolute atomic E-state index is 14.4. The van der Waals surface area contributed by atoms with Crippen molar-refractivity contribution in [3.05, 3.63) is 58.9 Å². The number of nitrogens with one attached hydrogen (secondary N) is 1. The molecule has 4 rings (SSSR count). The summed E-state index contributed by atoms with van der Waals surface area (Å²) in [4.78, 5) is 30.4. The van der Waals surface area contributed by atoms with Gasteiger partial charge in [-0.3, -0.25) is 9.59 Å². The van der Waals surface area contributed by atoms with Gasteiger partial charge in [-0.1, -0.05) is 18.2 Å². The fourth-order valence-corrected chi connectivity index (χ4v) is 5.05. The highest BCUT2D eigenvalue weighted by molar-refractivity contribution is 5.98. The number of amides is 2. The number of benzene rings is 2. The molecule has 6 heteroatoms. The highest BCUT2D eigenvalue weighted by Gasteiger charge is 2.36. The molecule has 0 saturated carbocycles. The van der Waals surface area contributed by atoms with Crippen LogP contribution in [0.3, 0.4) is 0 Å². The third kappa shape index (κ3) is 4.36. The number of rotatable bonds is 4. The van der Waals surface area contributed by atoms with Gasteiger partial charge in [-0.05, 0) is 75.8 Å². The number of anilines is 2. The van der Waals surface area contributed by atoms with Crippen LogP contribution in [0.15, 0.2) is 36.4 Å². The first-order valence-corrected chi connectivity index (χ1v) is 11.6. The summed E-state index contributed by atoms with van der Waals surface area (Å²) >= 11 is 0. The van der Waals surface area contributed by atoms with E-state index in [0.29, 0.717) is 24.9 Å². The molecule has 0 spiro atoms. The number of piperidine rings is 1. The maximum atomic E-state index is 14.4. The Bertz CT molecular complexity index is 996. The van der Waals surface area contributed by atoms with E-state index >= 15 is 0 Å². The van der Waals surface area contributed by atoms with E-state index in [0.717, 1.165) is 18.8 Å². The van der Waals surface area contributed by atoms with Crippen molar-refractivity contribution < 1.29 is 14.0 Å². The van der Waals surface area contributed by atoms with Crippen LogP contribution >= 0.6 is 0 Å². The molecule has 0 aromatic heterocycles. The summed E-state index contributed by atoms with van der Waals surface area (Å²) in [6.45, 7) is 8.35. The summed E-state index contributed by atoms with van der Waals surface area (Å²) in [5, 5.41) is 3.08. The van der Waals surface area contributed by atoms with Gasteiger partial charge in [0.05, 0.1) is 11.5 Å². The van der Waals surface area contributed by atoms with Crippen LogP contribution in [0.1, 0.15) is 54.1 Å². The summed E-state index contributed by atoms with van der Waals surface area (Å²) < 4.78 is 14.4. The molecular weight excluding hydrogens is 405 g/mol. The van der Waals surface area contributed by atoms with Crippen molar-refractivity contribution in [3.63, 3.8) is 0 Å². The molecule has 2 aromatic rings. The fraction of sp³-hybridized carbons (Fsp3) is 0.462.